The summed E-state index contributed by atoms with van der Waals surface area (Å²) < 4.78 is 10.8. The van der Waals surface area contributed by atoms with Crippen LogP contribution in [0.1, 0.15) is 29.3 Å². The maximum absolute atomic E-state index is 13.1. The summed E-state index contributed by atoms with van der Waals surface area (Å²) in [4.78, 5) is 41.8. The second kappa shape index (κ2) is 10.2. The normalized spacial score (nSPS) is 26.5. The van der Waals surface area contributed by atoms with Crippen molar-refractivity contribution in [2.45, 2.75) is 31.1 Å². The predicted molar refractivity (Wildman–Crippen MR) is 136 cm³/mol. The van der Waals surface area contributed by atoms with Gasteiger partial charge in [0.05, 0.1) is 19.8 Å². The number of ether oxygens (including phenoxy) is 2. The molecular weight excluding hydrogens is 476 g/mol. The number of benzene rings is 2. The first kappa shape index (κ1) is 25.3. The number of nitrogens with two attached hydrogens (primary N) is 1. The molecule has 196 valence electrons. The first-order valence-electron chi connectivity index (χ1n) is 12.6. The second-order valence-corrected chi connectivity index (χ2v) is 9.89. The topological polar surface area (TPSA) is 134 Å². The fourth-order valence-electron chi connectivity index (χ4n) is 4.89. The van der Waals surface area contributed by atoms with E-state index in [0.717, 1.165) is 12.0 Å². The number of morpholine rings is 2. The van der Waals surface area contributed by atoms with Crippen molar-refractivity contribution < 1.29 is 29.0 Å². The second-order valence-electron chi connectivity index (χ2n) is 9.89. The van der Waals surface area contributed by atoms with E-state index in [-0.39, 0.29) is 24.6 Å². The van der Waals surface area contributed by atoms with Crippen LogP contribution in [0.3, 0.4) is 0 Å². The van der Waals surface area contributed by atoms with Crippen LogP contribution < -0.4 is 16.0 Å². The monoisotopic (exact) mass is 508 g/mol. The number of carbonyl (C=O) groups is 3. The van der Waals surface area contributed by atoms with Crippen LogP contribution in [0.25, 0.3) is 0 Å². The summed E-state index contributed by atoms with van der Waals surface area (Å²) in [6.07, 6.45) is -2.12. The number of aliphatic hydroxyl groups is 1. The van der Waals surface area contributed by atoms with Crippen LogP contribution in [0.15, 0.2) is 48.5 Å². The summed E-state index contributed by atoms with van der Waals surface area (Å²) in [6.45, 7) is 4.63. The lowest BCUT2D eigenvalue weighted by molar-refractivity contribution is -0.150. The minimum absolute atomic E-state index is 0.0885. The average molecular weight is 509 g/mol. The summed E-state index contributed by atoms with van der Waals surface area (Å²) in [5.74, 6) is -0.936. The van der Waals surface area contributed by atoms with Crippen molar-refractivity contribution in [3.8, 4) is 0 Å². The molecule has 2 aromatic rings. The lowest BCUT2D eigenvalue weighted by atomic mass is 10.0. The van der Waals surface area contributed by atoms with Crippen LogP contribution >= 0.6 is 0 Å². The van der Waals surface area contributed by atoms with Crippen LogP contribution in [0.5, 0.6) is 0 Å². The molecule has 3 aliphatic rings. The van der Waals surface area contributed by atoms with Crippen molar-refractivity contribution in [3.05, 3.63) is 59.7 Å². The van der Waals surface area contributed by atoms with Crippen molar-refractivity contribution in [3.63, 3.8) is 0 Å². The number of nitrogens with one attached hydrogen (secondary N) is 1. The Morgan fingerprint density at radius 1 is 1.05 bits per heavy atom. The van der Waals surface area contributed by atoms with Crippen molar-refractivity contribution in [2.24, 2.45) is 11.7 Å². The van der Waals surface area contributed by atoms with Gasteiger partial charge in [-0.1, -0.05) is 19.1 Å². The molecule has 2 aromatic carbocycles. The van der Waals surface area contributed by atoms with E-state index in [0.29, 0.717) is 49.2 Å². The van der Waals surface area contributed by atoms with Gasteiger partial charge < -0.3 is 35.4 Å². The number of hydrogen-bond donors (Lipinski definition) is 3. The molecule has 0 spiro atoms. The molecule has 4 atom stereocenters. The lowest BCUT2D eigenvalue weighted by Crippen LogP contribution is -2.55. The number of hydrogen-bond acceptors (Lipinski definition) is 7. The van der Waals surface area contributed by atoms with E-state index in [1.165, 1.54) is 4.90 Å². The van der Waals surface area contributed by atoms with Gasteiger partial charge in [0.15, 0.2) is 12.2 Å². The molecule has 0 bridgehead atoms. The van der Waals surface area contributed by atoms with Crippen molar-refractivity contribution in [1.82, 2.24) is 4.90 Å². The third-order valence-corrected chi connectivity index (χ3v) is 7.45. The van der Waals surface area contributed by atoms with Crippen molar-refractivity contribution >= 4 is 29.1 Å². The number of nitrogens with zero attached hydrogens (tertiary/aromatic N) is 2. The van der Waals surface area contributed by atoms with Gasteiger partial charge in [-0.25, -0.2) is 0 Å². The van der Waals surface area contributed by atoms with Crippen LogP contribution in [0.4, 0.5) is 11.4 Å². The first-order valence-corrected chi connectivity index (χ1v) is 12.6. The zero-order valence-electron chi connectivity index (χ0n) is 20.8. The standard InChI is InChI=1S/C27H32N4O6/c1-17-16-27(17,28)19-4-6-20(7-5-19)29-24(33)22(32)23-26(35)31(12-15-37-23)21-8-2-18(3-9-21)25(34)30-10-13-36-14-11-30/h2-9,17,22-23,32H,10-16,28H2,1H3,(H,29,33)/t17?,22-,23-,27?/m1/s1. The number of carbonyl (C=O) groups excluding carboxylic acids is 3. The van der Waals surface area contributed by atoms with Gasteiger partial charge in [-0.15, -0.1) is 0 Å². The third-order valence-electron chi connectivity index (χ3n) is 7.45. The van der Waals surface area contributed by atoms with Crippen LogP contribution in [-0.4, -0.2) is 79.4 Å². The van der Waals surface area contributed by atoms with Gasteiger partial charge in [0.1, 0.15) is 0 Å². The third kappa shape index (κ3) is 5.10. The Kier molecular flexibility index (Phi) is 7.00. The largest absolute Gasteiger partial charge is 0.380 e. The van der Waals surface area contributed by atoms with E-state index in [9.17, 15) is 19.5 Å². The Morgan fingerprint density at radius 2 is 1.70 bits per heavy atom. The van der Waals surface area contributed by atoms with Gasteiger partial charge in [-0.3, -0.25) is 14.4 Å². The molecule has 37 heavy (non-hydrogen) atoms. The molecule has 3 amide bonds. The van der Waals surface area contributed by atoms with Gasteiger partial charge in [-0.2, -0.15) is 0 Å². The van der Waals surface area contributed by atoms with E-state index in [2.05, 4.69) is 12.2 Å². The Morgan fingerprint density at radius 3 is 2.32 bits per heavy atom. The highest BCUT2D eigenvalue weighted by molar-refractivity contribution is 6.04. The van der Waals surface area contributed by atoms with Crippen molar-refractivity contribution in [2.75, 3.05) is 49.7 Å². The van der Waals surface area contributed by atoms with Crippen LogP contribution in [0.2, 0.25) is 0 Å². The Bertz CT molecular complexity index is 1160. The van der Waals surface area contributed by atoms with E-state index >= 15 is 0 Å². The SMILES string of the molecule is CC1CC1(N)c1ccc(NC(=O)[C@H](O)[C@H]2OCCN(c3ccc(C(=O)N4CCOCC4)cc3)C2=O)cc1. The Balaban J connectivity index is 1.21. The Hall–Kier alpha value is -3.31. The molecule has 0 aromatic heterocycles. The maximum Gasteiger partial charge on any atom is 0.259 e. The van der Waals surface area contributed by atoms with E-state index < -0.39 is 24.0 Å². The summed E-state index contributed by atoms with van der Waals surface area (Å²) in [6, 6.07) is 13.9. The molecule has 5 rings (SSSR count). The predicted octanol–water partition coefficient (Wildman–Crippen LogP) is 1.08. The van der Waals surface area contributed by atoms with Gasteiger partial charge in [0, 0.05) is 42.1 Å². The molecule has 4 N–H and O–H groups in total. The number of aliphatic hydroxyl groups excluding tert-OH is 1. The number of rotatable bonds is 6. The molecule has 0 radical (unpaired) electrons. The van der Waals surface area contributed by atoms with Gasteiger partial charge in [0.25, 0.3) is 17.7 Å². The molecule has 10 heteroatoms. The molecular formula is C27H32N4O6. The van der Waals surface area contributed by atoms with E-state index in [1.807, 2.05) is 12.1 Å². The highest BCUT2D eigenvalue weighted by Gasteiger charge is 2.48. The molecule has 3 fully saturated rings. The van der Waals surface area contributed by atoms with Gasteiger partial charge in [0.2, 0.25) is 0 Å². The quantitative estimate of drug-likeness (QED) is 0.532. The summed E-state index contributed by atoms with van der Waals surface area (Å²) in [5, 5.41) is 13.3. The van der Waals surface area contributed by atoms with Crippen molar-refractivity contribution in [1.29, 1.82) is 0 Å². The molecule has 2 unspecified atom stereocenters. The van der Waals surface area contributed by atoms with Crippen LogP contribution in [0, 0.1) is 5.92 Å². The molecule has 2 saturated heterocycles. The Labute approximate surface area is 215 Å². The molecule has 2 aliphatic heterocycles. The highest BCUT2D eigenvalue weighted by Crippen LogP contribution is 2.49. The fourth-order valence-corrected chi connectivity index (χ4v) is 4.89. The summed E-state index contributed by atoms with van der Waals surface area (Å²) in [5.41, 5.74) is 8.58. The molecule has 2 heterocycles. The highest BCUT2D eigenvalue weighted by atomic mass is 16.5. The van der Waals surface area contributed by atoms with E-state index in [4.69, 9.17) is 15.2 Å². The minimum Gasteiger partial charge on any atom is -0.380 e. The van der Waals surface area contributed by atoms with Gasteiger partial charge in [-0.05, 0) is 54.3 Å². The van der Waals surface area contributed by atoms with Crippen LogP contribution in [-0.2, 0) is 24.6 Å². The summed E-state index contributed by atoms with van der Waals surface area (Å²) in [7, 11) is 0. The lowest BCUT2D eigenvalue weighted by Gasteiger charge is -2.34. The zero-order valence-corrected chi connectivity index (χ0v) is 20.8. The average Bonchev–Trinajstić information content (AvgIpc) is 3.55. The smallest absolute Gasteiger partial charge is 0.259 e. The summed E-state index contributed by atoms with van der Waals surface area (Å²) >= 11 is 0. The van der Waals surface area contributed by atoms with Gasteiger partial charge >= 0.3 is 0 Å². The maximum atomic E-state index is 13.1. The fraction of sp³-hybridized carbons (Fsp3) is 0.444. The first-order chi connectivity index (χ1) is 17.8. The van der Waals surface area contributed by atoms with E-state index in [1.54, 1.807) is 41.3 Å². The molecule has 1 aliphatic carbocycles. The number of anilines is 2. The zero-order chi connectivity index (χ0) is 26.2. The minimum atomic E-state index is -1.69. The molecule has 1 saturated carbocycles. The number of amides is 3. The molecule has 10 nitrogen and oxygen atoms in total.